The van der Waals surface area contributed by atoms with Gasteiger partial charge >= 0.3 is 12.1 Å². The monoisotopic (exact) mass is 499 g/mol. The summed E-state index contributed by atoms with van der Waals surface area (Å²) in [6, 6.07) is 16.4. The molecule has 1 heterocycles. The molecular weight excluding hydrogens is 470 g/mol. The van der Waals surface area contributed by atoms with E-state index >= 15 is 0 Å². The number of amides is 2. The van der Waals surface area contributed by atoms with Crippen LogP contribution in [0.5, 0.6) is 0 Å². The Hall–Kier alpha value is -4.00. The summed E-state index contributed by atoms with van der Waals surface area (Å²) in [5.74, 6) is -2.46. The number of anilines is 1. The van der Waals surface area contributed by atoms with E-state index < -0.39 is 34.9 Å². The van der Waals surface area contributed by atoms with E-state index in [1.54, 1.807) is 57.2 Å². The first-order chi connectivity index (χ1) is 17.6. The van der Waals surface area contributed by atoms with Crippen LogP contribution in [-0.2, 0) is 29.3 Å². The lowest BCUT2D eigenvalue weighted by Gasteiger charge is -2.34. The molecule has 7 nitrogen and oxygen atoms in total. The van der Waals surface area contributed by atoms with E-state index in [2.05, 4.69) is 0 Å². The summed E-state index contributed by atoms with van der Waals surface area (Å²) in [7, 11) is 1.28. The zero-order valence-electron chi connectivity index (χ0n) is 21.3. The molecule has 0 bridgehead atoms. The van der Waals surface area contributed by atoms with Crippen LogP contribution in [0.4, 0.5) is 10.5 Å². The van der Waals surface area contributed by atoms with Crippen LogP contribution in [0.3, 0.4) is 0 Å². The third-order valence-electron chi connectivity index (χ3n) is 7.31. The minimum atomic E-state index is -1.43. The second-order valence-corrected chi connectivity index (χ2v) is 10.7. The predicted molar refractivity (Wildman–Crippen MR) is 138 cm³/mol. The summed E-state index contributed by atoms with van der Waals surface area (Å²) in [6.45, 7) is 5.18. The number of carbonyl (C=O) groups excluding carboxylic acids is 4. The van der Waals surface area contributed by atoms with E-state index in [1.165, 1.54) is 7.11 Å². The largest absolute Gasteiger partial charge is 0.469 e. The second kappa shape index (κ2) is 8.83. The predicted octanol–water partition coefficient (Wildman–Crippen LogP) is 5.00. The molecule has 0 saturated heterocycles. The normalized spacial score (nSPS) is 24.7. The van der Waals surface area contributed by atoms with Gasteiger partial charge in [0.15, 0.2) is 5.78 Å². The molecule has 2 aromatic carbocycles. The van der Waals surface area contributed by atoms with Gasteiger partial charge in [0.05, 0.1) is 24.1 Å². The van der Waals surface area contributed by atoms with Crippen molar-refractivity contribution in [2.75, 3.05) is 12.0 Å². The Morgan fingerprint density at radius 1 is 1.00 bits per heavy atom. The highest BCUT2D eigenvalue weighted by atomic mass is 16.6. The highest BCUT2D eigenvalue weighted by molar-refractivity contribution is 6.25. The molecular formula is C30H29NO6. The molecule has 0 saturated carbocycles. The van der Waals surface area contributed by atoms with Crippen molar-refractivity contribution >= 4 is 35.0 Å². The number of ether oxygens (including phenoxy) is 2. The van der Waals surface area contributed by atoms with E-state index in [0.29, 0.717) is 16.8 Å². The van der Waals surface area contributed by atoms with Gasteiger partial charge in [-0.15, -0.1) is 0 Å². The number of esters is 1. The number of nitrogens with zero attached hydrogens (tertiary/aromatic N) is 1. The van der Waals surface area contributed by atoms with E-state index in [1.807, 2.05) is 30.3 Å². The molecule has 2 aliphatic carbocycles. The standard InChI is InChI=1S/C30H29NO6/c1-29(2,3)37-28(35)31-23-13-9-8-12-21(23)30(27(31)34)17-19-16-24(32)25(18-10-6-5-7-11-18)20(19)14-15-22(30)26(33)36-4/h5-15,19,22H,16-17H2,1-4H3. The molecule has 190 valence electrons. The lowest BCUT2D eigenvalue weighted by atomic mass is 9.66. The number of imide groups is 1. The maximum absolute atomic E-state index is 14.4. The fourth-order valence-electron chi connectivity index (χ4n) is 5.88. The van der Waals surface area contributed by atoms with Crippen molar-refractivity contribution in [3.8, 4) is 0 Å². The molecule has 0 N–H and O–H groups in total. The molecule has 37 heavy (non-hydrogen) atoms. The molecule has 2 amide bonds. The molecule has 3 atom stereocenters. The smallest absolute Gasteiger partial charge is 0.421 e. The van der Waals surface area contributed by atoms with Crippen molar-refractivity contribution in [1.82, 2.24) is 0 Å². The Morgan fingerprint density at radius 2 is 1.68 bits per heavy atom. The number of carbonyl (C=O) groups is 4. The molecule has 3 unspecified atom stereocenters. The number of fused-ring (bicyclic) bond motifs is 3. The van der Waals surface area contributed by atoms with E-state index in [4.69, 9.17) is 9.47 Å². The Morgan fingerprint density at radius 3 is 2.35 bits per heavy atom. The summed E-state index contributed by atoms with van der Waals surface area (Å²) in [6.07, 6.45) is 3.03. The minimum absolute atomic E-state index is 0.00903. The summed E-state index contributed by atoms with van der Waals surface area (Å²) >= 11 is 0. The molecule has 0 aromatic heterocycles. The molecule has 5 rings (SSSR count). The average Bonchev–Trinajstić information content (AvgIpc) is 3.22. The van der Waals surface area contributed by atoms with Gasteiger partial charge in [-0.25, -0.2) is 9.69 Å². The van der Waals surface area contributed by atoms with Crippen molar-refractivity contribution in [2.24, 2.45) is 11.8 Å². The van der Waals surface area contributed by atoms with Crippen LogP contribution < -0.4 is 4.90 Å². The fourth-order valence-corrected chi connectivity index (χ4v) is 5.88. The van der Waals surface area contributed by atoms with Crippen molar-refractivity contribution < 1.29 is 28.7 Å². The highest BCUT2D eigenvalue weighted by Gasteiger charge is 2.61. The Kier molecular flexibility index (Phi) is 5.89. The van der Waals surface area contributed by atoms with Gasteiger partial charge in [0.2, 0.25) is 5.91 Å². The third kappa shape index (κ3) is 3.89. The summed E-state index contributed by atoms with van der Waals surface area (Å²) < 4.78 is 10.7. The number of hydrogen-bond acceptors (Lipinski definition) is 6. The van der Waals surface area contributed by atoms with Gasteiger partial charge in [-0.1, -0.05) is 60.7 Å². The summed E-state index contributed by atoms with van der Waals surface area (Å²) in [4.78, 5) is 55.1. The van der Waals surface area contributed by atoms with Crippen LogP contribution in [0.15, 0.2) is 72.3 Å². The van der Waals surface area contributed by atoms with Crippen molar-refractivity contribution in [3.05, 3.63) is 83.4 Å². The first kappa shape index (κ1) is 24.7. The van der Waals surface area contributed by atoms with Crippen LogP contribution in [0, 0.1) is 11.8 Å². The van der Waals surface area contributed by atoms with Crippen LogP contribution in [0.1, 0.15) is 44.7 Å². The number of allylic oxidation sites excluding steroid dienone is 3. The van der Waals surface area contributed by atoms with Crippen molar-refractivity contribution in [2.45, 2.75) is 44.6 Å². The molecule has 1 spiro atoms. The van der Waals surface area contributed by atoms with Gasteiger partial charge in [-0.3, -0.25) is 14.4 Å². The Balaban J connectivity index is 1.70. The summed E-state index contributed by atoms with van der Waals surface area (Å²) in [5, 5.41) is 0. The van der Waals surface area contributed by atoms with Gasteiger partial charge < -0.3 is 9.47 Å². The van der Waals surface area contributed by atoms with Crippen LogP contribution in [-0.4, -0.2) is 36.5 Å². The number of para-hydroxylation sites is 1. The van der Waals surface area contributed by atoms with E-state index in [0.717, 1.165) is 16.0 Å². The third-order valence-corrected chi connectivity index (χ3v) is 7.31. The lowest BCUT2D eigenvalue weighted by molar-refractivity contribution is -0.149. The number of methoxy groups -OCH3 is 1. The topological polar surface area (TPSA) is 90.0 Å². The maximum atomic E-state index is 14.4. The highest BCUT2D eigenvalue weighted by Crippen LogP contribution is 2.55. The quantitative estimate of drug-likeness (QED) is 0.541. The SMILES string of the molecule is COC(=O)C1C=CC2=C(c3ccccc3)C(=O)CC2CC12C(=O)N(C(=O)OC(C)(C)C)c1ccccc12. The molecule has 3 aliphatic rings. The number of hydrogen-bond donors (Lipinski definition) is 0. The summed E-state index contributed by atoms with van der Waals surface area (Å²) in [5.41, 5.74) is 0.861. The molecule has 0 fully saturated rings. The van der Waals surface area contributed by atoms with Gasteiger partial charge in [0, 0.05) is 12.0 Å². The Labute approximate surface area is 215 Å². The molecule has 2 aromatic rings. The van der Waals surface area contributed by atoms with Crippen LogP contribution in [0.2, 0.25) is 0 Å². The molecule has 0 radical (unpaired) electrons. The number of benzene rings is 2. The zero-order valence-corrected chi connectivity index (χ0v) is 21.3. The van der Waals surface area contributed by atoms with Crippen LogP contribution >= 0.6 is 0 Å². The maximum Gasteiger partial charge on any atom is 0.421 e. The first-order valence-electron chi connectivity index (χ1n) is 12.3. The van der Waals surface area contributed by atoms with E-state index in [9.17, 15) is 19.2 Å². The number of Topliss-reactive ketones (excluding diaryl/α,β-unsaturated/α-hetero) is 1. The lowest BCUT2D eigenvalue weighted by Crippen LogP contribution is -2.51. The van der Waals surface area contributed by atoms with Gasteiger partial charge in [-0.2, -0.15) is 0 Å². The Bertz CT molecular complexity index is 1370. The number of ketones is 1. The second-order valence-electron chi connectivity index (χ2n) is 10.7. The van der Waals surface area contributed by atoms with E-state index in [-0.39, 0.29) is 24.5 Å². The van der Waals surface area contributed by atoms with Crippen molar-refractivity contribution in [1.29, 1.82) is 0 Å². The molecule has 7 heteroatoms. The van der Waals surface area contributed by atoms with Crippen molar-refractivity contribution in [3.63, 3.8) is 0 Å². The minimum Gasteiger partial charge on any atom is -0.469 e. The first-order valence-corrected chi connectivity index (χ1v) is 12.3. The zero-order chi connectivity index (χ0) is 26.5. The van der Waals surface area contributed by atoms with Gasteiger partial charge in [0.25, 0.3) is 0 Å². The van der Waals surface area contributed by atoms with Crippen LogP contribution in [0.25, 0.3) is 5.57 Å². The average molecular weight is 500 g/mol. The number of rotatable bonds is 2. The van der Waals surface area contributed by atoms with Gasteiger partial charge in [0.1, 0.15) is 5.60 Å². The van der Waals surface area contributed by atoms with Gasteiger partial charge in [-0.05, 0) is 55.9 Å². The fraction of sp³-hybridized carbons (Fsp3) is 0.333. The molecule has 1 aliphatic heterocycles.